The predicted octanol–water partition coefficient (Wildman–Crippen LogP) is 8.29. The maximum atomic E-state index is 13.9. The molecular weight excluding hydrogens is 670 g/mol. The fourth-order valence-electron chi connectivity index (χ4n) is 6.91. The van der Waals surface area contributed by atoms with Crippen molar-refractivity contribution in [1.82, 2.24) is 10.2 Å². The molecule has 2 aromatic rings. The summed E-state index contributed by atoms with van der Waals surface area (Å²) < 4.78 is 100. The SMILES string of the molecule is CCCc1cc(C(O)(C(F)(F)F)C(F)(F)F)cc(C=CC2CCCCC2)c1OCCCCN1C(=O)NC(CC)(c2ccc3c(c2)OCO3)C1=O. The van der Waals surface area contributed by atoms with Crippen LogP contribution >= 0.6 is 0 Å². The van der Waals surface area contributed by atoms with E-state index < -0.39 is 41.0 Å². The van der Waals surface area contributed by atoms with Crippen LogP contribution in [-0.2, 0) is 22.4 Å². The van der Waals surface area contributed by atoms with E-state index in [1.54, 1.807) is 38.1 Å². The number of urea groups is 1. The Morgan fingerprint density at radius 2 is 1.68 bits per heavy atom. The van der Waals surface area contributed by atoms with Gasteiger partial charge in [-0.1, -0.05) is 57.7 Å². The van der Waals surface area contributed by atoms with Gasteiger partial charge in [0.1, 0.15) is 11.3 Å². The summed E-state index contributed by atoms with van der Waals surface area (Å²) in [5.41, 5.74) is -7.03. The van der Waals surface area contributed by atoms with Gasteiger partial charge >= 0.3 is 18.4 Å². The second kappa shape index (κ2) is 14.7. The molecule has 14 heteroatoms. The van der Waals surface area contributed by atoms with Crippen molar-refractivity contribution in [3.05, 3.63) is 58.7 Å². The summed E-state index contributed by atoms with van der Waals surface area (Å²) in [4.78, 5) is 27.7. The number of aryl methyl sites for hydroxylation is 1. The van der Waals surface area contributed by atoms with Crippen LogP contribution in [0.15, 0.2) is 36.4 Å². The standard InChI is InChI=1S/C36H42F6N2O6/c1-3-10-24-19-27(34(47,35(37,38)39)36(40,41)42)20-25(14-13-23-11-6-5-7-12-23)30(24)48-18-9-8-17-44-31(45)33(4-2,43-32(44)46)26-15-16-28-29(21-26)50-22-49-28/h13-16,19-21,23,47H,3-12,17-18,22H2,1-2H3,(H,43,46). The highest BCUT2D eigenvalue weighted by molar-refractivity contribution is 6.07. The van der Waals surface area contributed by atoms with Crippen molar-refractivity contribution in [3.8, 4) is 17.2 Å². The van der Waals surface area contributed by atoms with E-state index in [1.807, 2.05) is 0 Å². The van der Waals surface area contributed by atoms with Gasteiger partial charge in [-0.3, -0.25) is 9.69 Å². The first-order chi connectivity index (χ1) is 23.7. The molecule has 8 nitrogen and oxygen atoms in total. The van der Waals surface area contributed by atoms with Crippen LogP contribution in [0.1, 0.15) is 93.9 Å². The Morgan fingerprint density at radius 1 is 0.980 bits per heavy atom. The normalized spacial score (nSPS) is 20.2. The van der Waals surface area contributed by atoms with E-state index in [9.17, 15) is 41.0 Å². The molecular formula is C36H42F6N2O6. The molecule has 2 aliphatic heterocycles. The number of carbonyl (C=O) groups excluding carboxylic acids is 2. The van der Waals surface area contributed by atoms with Gasteiger partial charge < -0.3 is 24.6 Å². The average Bonchev–Trinajstić information content (AvgIpc) is 3.64. The number of halogens is 6. The Labute approximate surface area is 286 Å². The van der Waals surface area contributed by atoms with E-state index in [-0.39, 0.29) is 55.6 Å². The fraction of sp³-hybridized carbons (Fsp3) is 0.556. The van der Waals surface area contributed by atoms with Crippen LogP contribution in [-0.4, -0.2) is 54.2 Å². The third-order valence-corrected chi connectivity index (χ3v) is 9.74. The Hall–Kier alpha value is -3.94. The lowest BCUT2D eigenvalue weighted by Gasteiger charge is -2.33. The second-order valence-electron chi connectivity index (χ2n) is 13.0. The van der Waals surface area contributed by atoms with Gasteiger partial charge in [0.25, 0.3) is 11.5 Å². The summed E-state index contributed by atoms with van der Waals surface area (Å²) in [5, 5.41) is 13.1. The van der Waals surface area contributed by atoms with Crippen LogP contribution in [0.2, 0.25) is 0 Å². The van der Waals surface area contributed by atoms with Crippen LogP contribution in [0.25, 0.3) is 6.08 Å². The summed E-state index contributed by atoms with van der Waals surface area (Å²) in [6.07, 6.45) is -2.69. The molecule has 0 radical (unpaired) electrons. The van der Waals surface area contributed by atoms with E-state index >= 15 is 0 Å². The number of nitrogens with one attached hydrogen (secondary N) is 1. The highest BCUT2D eigenvalue weighted by Crippen LogP contribution is 2.51. The lowest BCUT2D eigenvalue weighted by Crippen LogP contribution is -2.54. The Kier molecular flexibility index (Phi) is 11.0. The van der Waals surface area contributed by atoms with Gasteiger partial charge in [-0.2, -0.15) is 26.3 Å². The number of nitrogens with zero attached hydrogens (tertiary/aromatic N) is 1. The fourth-order valence-corrected chi connectivity index (χ4v) is 6.91. The summed E-state index contributed by atoms with van der Waals surface area (Å²) in [6.45, 7) is 3.63. The third-order valence-electron chi connectivity index (χ3n) is 9.74. The van der Waals surface area contributed by atoms with Crippen molar-refractivity contribution in [2.24, 2.45) is 5.92 Å². The number of ether oxygens (including phenoxy) is 3. The topological polar surface area (TPSA) is 97.3 Å². The zero-order chi connectivity index (χ0) is 36.3. The van der Waals surface area contributed by atoms with E-state index in [4.69, 9.17) is 14.2 Å². The maximum absolute atomic E-state index is 13.9. The van der Waals surface area contributed by atoms with Gasteiger partial charge in [-0.15, -0.1) is 0 Å². The van der Waals surface area contributed by atoms with Gasteiger partial charge in [-0.05, 0) is 79.8 Å². The van der Waals surface area contributed by atoms with Gasteiger partial charge in [0.05, 0.1) is 6.61 Å². The molecule has 2 N–H and O–H groups in total. The average molecular weight is 713 g/mol. The molecule has 3 amide bonds. The first-order valence-corrected chi connectivity index (χ1v) is 17.0. The van der Waals surface area contributed by atoms with Gasteiger partial charge in [0, 0.05) is 17.7 Å². The lowest BCUT2D eigenvalue weighted by molar-refractivity contribution is -0.376. The first kappa shape index (κ1) is 37.3. The van der Waals surface area contributed by atoms with Crippen molar-refractivity contribution >= 4 is 18.0 Å². The van der Waals surface area contributed by atoms with Crippen molar-refractivity contribution in [1.29, 1.82) is 0 Å². The number of alkyl halides is 6. The van der Waals surface area contributed by atoms with Crippen LogP contribution in [0, 0.1) is 5.92 Å². The number of aliphatic hydroxyl groups is 1. The molecule has 2 fully saturated rings. The number of rotatable bonds is 13. The number of hydrogen-bond acceptors (Lipinski definition) is 6. The third kappa shape index (κ3) is 7.13. The van der Waals surface area contributed by atoms with Gasteiger partial charge in [0.2, 0.25) is 6.79 Å². The molecule has 1 atom stereocenters. The van der Waals surface area contributed by atoms with E-state index in [0.29, 0.717) is 42.4 Å². The maximum Gasteiger partial charge on any atom is 0.430 e. The smallest absolute Gasteiger partial charge is 0.430 e. The van der Waals surface area contributed by atoms with Crippen molar-refractivity contribution in [2.45, 2.75) is 102 Å². The highest BCUT2D eigenvalue weighted by Gasteiger charge is 2.71. The number of imide groups is 1. The zero-order valence-electron chi connectivity index (χ0n) is 28.0. The van der Waals surface area contributed by atoms with Crippen LogP contribution in [0.3, 0.4) is 0 Å². The van der Waals surface area contributed by atoms with Crippen molar-refractivity contribution < 1.29 is 55.2 Å². The molecule has 50 heavy (non-hydrogen) atoms. The van der Waals surface area contributed by atoms with Crippen LogP contribution < -0.4 is 19.5 Å². The van der Waals surface area contributed by atoms with Crippen LogP contribution in [0.5, 0.6) is 17.2 Å². The first-order valence-electron chi connectivity index (χ1n) is 17.0. The zero-order valence-corrected chi connectivity index (χ0v) is 28.0. The lowest BCUT2D eigenvalue weighted by atomic mass is 9.86. The van der Waals surface area contributed by atoms with Crippen LogP contribution in [0.4, 0.5) is 31.1 Å². The molecule has 2 heterocycles. The van der Waals surface area contributed by atoms with E-state index in [0.717, 1.165) is 43.1 Å². The molecule has 3 aliphatic rings. The molecule has 1 saturated heterocycles. The Balaban J connectivity index is 1.34. The number of hydrogen-bond donors (Lipinski definition) is 2. The molecule has 274 valence electrons. The Morgan fingerprint density at radius 3 is 2.34 bits per heavy atom. The van der Waals surface area contributed by atoms with E-state index in [1.165, 1.54) is 6.08 Å². The Bertz CT molecular complexity index is 1570. The molecule has 2 aromatic carbocycles. The minimum Gasteiger partial charge on any atom is -0.493 e. The second-order valence-corrected chi connectivity index (χ2v) is 13.0. The highest BCUT2D eigenvalue weighted by atomic mass is 19.4. The molecule has 1 aliphatic carbocycles. The number of allylic oxidation sites excluding steroid dienone is 1. The molecule has 5 rings (SSSR count). The molecule has 0 spiro atoms. The summed E-state index contributed by atoms with van der Waals surface area (Å²) in [6, 6.07) is 5.93. The molecule has 1 unspecified atom stereocenters. The van der Waals surface area contributed by atoms with Gasteiger partial charge in [0.15, 0.2) is 11.5 Å². The van der Waals surface area contributed by atoms with Crippen molar-refractivity contribution in [2.75, 3.05) is 19.9 Å². The minimum atomic E-state index is -6.03. The van der Waals surface area contributed by atoms with E-state index in [2.05, 4.69) is 5.32 Å². The van der Waals surface area contributed by atoms with Gasteiger partial charge in [-0.25, -0.2) is 4.79 Å². The summed E-state index contributed by atoms with van der Waals surface area (Å²) in [7, 11) is 0. The summed E-state index contributed by atoms with van der Waals surface area (Å²) in [5.74, 6) is 0.822. The number of fused-ring (bicyclic) bond motifs is 1. The molecule has 1 saturated carbocycles. The number of unbranched alkanes of at least 4 members (excludes halogenated alkanes) is 1. The predicted molar refractivity (Wildman–Crippen MR) is 172 cm³/mol. The molecule has 0 bridgehead atoms. The number of carbonyl (C=O) groups is 2. The monoisotopic (exact) mass is 712 g/mol. The minimum absolute atomic E-state index is 0.00781. The molecule has 0 aromatic heterocycles. The quantitative estimate of drug-likeness (QED) is 0.123. The number of benzene rings is 2. The largest absolute Gasteiger partial charge is 0.493 e. The number of amides is 3. The summed E-state index contributed by atoms with van der Waals surface area (Å²) >= 11 is 0. The van der Waals surface area contributed by atoms with Crippen molar-refractivity contribution in [3.63, 3.8) is 0 Å².